The number of aromatic amines is 2. The Morgan fingerprint density at radius 1 is 1.38 bits per heavy atom. The molecule has 0 bridgehead atoms. The zero-order valence-corrected chi connectivity index (χ0v) is 14.0. The van der Waals surface area contributed by atoms with Gasteiger partial charge in [0.15, 0.2) is 11.5 Å². The summed E-state index contributed by atoms with van der Waals surface area (Å²) >= 11 is 0. The van der Waals surface area contributed by atoms with Gasteiger partial charge in [-0.25, -0.2) is 9.97 Å². The van der Waals surface area contributed by atoms with E-state index in [0.29, 0.717) is 22.8 Å². The van der Waals surface area contributed by atoms with Crippen molar-refractivity contribution in [2.24, 2.45) is 7.05 Å². The molecule has 3 rings (SSSR count). The molecule has 0 aromatic carbocycles. The van der Waals surface area contributed by atoms with Crippen LogP contribution in [-0.2, 0) is 19.0 Å². The lowest BCUT2D eigenvalue weighted by atomic mass is 9.96. The number of carbonyl (C=O) groups is 1. The number of H-pyrrole nitrogens is 2. The second kappa shape index (κ2) is 5.59. The van der Waals surface area contributed by atoms with Crippen LogP contribution in [0.15, 0.2) is 17.2 Å². The van der Waals surface area contributed by atoms with Gasteiger partial charge in [0, 0.05) is 18.5 Å². The SMILES string of the molecule is Cn1cnc2[nH]c(=O)cc(C(=O)NCc3nc(C(C)(C)C)n[nH]3)c21. The number of hydrogen-bond donors (Lipinski definition) is 3. The first-order chi connectivity index (χ1) is 11.3. The van der Waals surface area contributed by atoms with Crippen molar-refractivity contribution in [1.82, 2.24) is 35.0 Å². The number of hydrogen-bond acceptors (Lipinski definition) is 5. The molecule has 0 fully saturated rings. The first-order valence-corrected chi connectivity index (χ1v) is 7.50. The summed E-state index contributed by atoms with van der Waals surface area (Å²) < 4.78 is 1.69. The van der Waals surface area contributed by atoms with Gasteiger partial charge in [-0.1, -0.05) is 20.8 Å². The Hall–Kier alpha value is -2.97. The van der Waals surface area contributed by atoms with Crippen molar-refractivity contribution < 1.29 is 4.79 Å². The number of aryl methyl sites for hydroxylation is 1. The molecular formula is C15H19N7O2. The van der Waals surface area contributed by atoms with Crippen LogP contribution in [-0.4, -0.2) is 35.6 Å². The number of fused-ring (bicyclic) bond motifs is 1. The monoisotopic (exact) mass is 329 g/mol. The van der Waals surface area contributed by atoms with E-state index in [0.717, 1.165) is 0 Å². The average Bonchev–Trinajstić information content (AvgIpc) is 3.11. The summed E-state index contributed by atoms with van der Waals surface area (Å²) in [5.41, 5.74) is 0.669. The van der Waals surface area contributed by atoms with Crippen LogP contribution in [0.4, 0.5) is 0 Å². The van der Waals surface area contributed by atoms with E-state index in [4.69, 9.17) is 0 Å². The van der Waals surface area contributed by atoms with E-state index >= 15 is 0 Å². The molecule has 3 aromatic heterocycles. The lowest BCUT2D eigenvalue weighted by Crippen LogP contribution is -2.26. The molecule has 0 aliphatic rings. The Balaban J connectivity index is 1.82. The van der Waals surface area contributed by atoms with Crippen molar-refractivity contribution in [3.8, 4) is 0 Å². The van der Waals surface area contributed by atoms with E-state index in [1.54, 1.807) is 17.9 Å². The Kier molecular flexibility index (Phi) is 3.70. The zero-order chi connectivity index (χ0) is 17.5. The van der Waals surface area contributed by atoms with Crippen LogP contribution in [0.5, 0.6) is 0 Å². The topological polar surface area (TPSA) is 121 Å². The maximum atomic E-state index is 12.5. The first-order valence-electron chi connectivity index (χ1n) is 7.50. The van der Waals surface area contributed by atoms with Crippen LogP contribution in [0, 0.1) is 0 Å². The van der Waals surface area contributed by atoms with Crippen molar-refractivity contribution >= 4 is 17.1 Å². The molecule has 0 atom stereocenters. The smallest absolute Gasteiger partial charge is 0.254 e. The third kappa shape index (κ3) is 2.92. The number of pyridine rings is 1. The number of imidazole rings is 1. The van der Waals surface area contributed by atoms with Gasteiger partial charge in [-0.3, -0.25) is 14.7 Å². The Morgan fingerprint density at radius 3 is 2.79 bits per heavy atom. The second-order valence-electron chi connectivity index (χ2n) is 6.64. The normalized spacial score (nSPS) is 11.8. The van der Waals surface area contributed by atoms with Crippen molar-refractivity contribution in [1.29, 1.82) is 0 Å². The summed E-state index contributed by atoms with van der Waals surface area (Å²) in [6.45, 7) is 6.21. The lowest BCUT2D eigenvalue weighted by molar-refractivity contribution is 0.0951. The number of amides is 1. The predicted octanol–water partition coefficient (Wildman–Crippen LogP) is 0.607. The number of rotatable bonds is 3. The largest absolute Gasteiger partial charge is 0.345 e. The van der Waals surface area contributed by atoms with Gasteiger partial charge in [-0.05, 0) is 0 Å². The van der Waals surface area contributed by atoms with Gasteiger partial charge >= 0.3 is 0 Å². The number of nitrogens with zero attached hydrogens (tertiary/aromatic N) is 4. The van der Waals surface area contributed by atoms with Gasteiger partial charge in [0.05, 0.1) is 24.0 Å². The molecule has 0 aliphatic heterocycles. The van der Waals surface area contributed by atoms with E-state index in [1.165, 1.54) is 6.07 Å². The Bertz CT molecular complexity index is 958. The van der Waals surface area contributed by atoms with Crippen molar-refractivity contribution in [2.75, 3.05) is 0 Å². The molecule has 0 radical (unpaired) electrons. The summed E-state index contributed by atoms with van der Waals surface area (Å²) in [5, 5.41) is 9.71. The van der Waals surface area contributed by atoms with E-state index < -0.39 is 0 Å². The molecule has 0 spiro atoms. The van der Waals surface area contributed by atoms with Crippen LogP contribution in [0.1, 0.15) is 42.8 Å². The minimum Gasteiger partial charge on any atom is -0.345 e. The van der Waals surface area contributed by atoms with Crippen molar-refractivity contribution in [3.05, 3.63) is 40.0 Å². The Morgan fingerprint density at radius 2 is 2.12 bits per heavy atom. The lowest BCUT2D eigenvalue weighted by Gasteiger charge is -2.11. The third-order valence-electron chi connectivity index (χ3n) is 3.57. The van der Waals surface area contributed by atoms with E-state index in [1.807, 2.05) is 20.8 Å². The van der Waals surface area contributed by atoms with Crippen LogP contribution in [0.25, 0.3) is 11.2 Å². The first kappa shape index (κ1) is 15.9. The molecule has 24 heavy (non-hydrogen) atoms. The summed E-state index contributed by atoms with van der Waals surface area (Å²) in [6.07, 6.45) is 1.55. The van der Waals surface area contributed by atoms with Crippen molar-refractivity contribution in [2.45, 2.75) is 32.7 Å². The van der Waals surface area contributed by atoms with E-state index in [-0.39, 0.29) is 29.0 Å². The second-order valence-corrected chi connectivity index (χ2v) is 6.64. The summed E-state index contributed by atoms with van der Waals surface area (Å²) in [7, 11) is 1.76. The van der Waals surface area contributed by atoms with Gasteiger partial charge in [0.25, 0.3) is 5.91 Å². The molecule has 3 heterocycles. The predicted molar refractivity (Wildman–Crippen MR) is 87.6 cm³/mol. The quantitative estimate of drug-likeness (QED) is 0.650. The highest BCUT2D eigenvalue weighted by molar-refractivity contribution is 6.04. The molecule has 1 amide bonds. The molecule has 0 aliphatic carbocycles. The van der Waals surface area contributed by atoms with Gasteiger partial charge in [-0.2, -0.15) is 5.10 Å². The van der Waals surface area contributed by atoms with Gasteiger partial charge in [0.2, 0.25) is 5.56 Å². The third-order valence-corrected chi connectivity index (χ3v) is 3.57. The van der Waals surface area contributed by atoms with Gasteiger partial charge < -0.3 is 14.9 Å². The molecule has 0 unspecified atom stereocenters. The standard InChI is InChI=1S/C15H19N7O2/c1-15(2,3)14-18-9(20-21-14)6-16-13(24)8-5-10(23)19-12-11(8)22(4)7-17-12/h5,7H,6H2,1-4H3,(H,16,24)(H,19,23)(H,18,20,21). The summed E-state index contributed by atoms with van der Waals surface area (Å²) in [4.78, 5) is 35.2. The zero-order valence-electron chi connectivity index (χ0n) is 14.0. The average molecular weight is 329 g/mol. The highest BCUT2D eigenvalue weighted by Gasteiger charge is 2.20. The number of aromatic nitrogens is 6. The molecular weight excluding hydrogens is 310 g/mol. The molecule has 9 nitrogen and oxygen atoms in total. The molecule has 126 valence electrons. The maximum Gasteiger partial charge on any atom is 0.254 e. The molecule has 3 N–H and O–H groups in total. The maximum absolute atomic E-state index is 12.5. The molecule has 9 heteroatoms. The van der Waals surface area contributed by atoms with Crippen molar-refractivity contribution in [3.63, 3.8) is 0 Å². The van der Waals surface area contributed by atoms with Crippen LogP contribution >= 0.6 is 0 Å². The molecule has 0 saturated carbocycles. The fourth-order valence-electron chi connectivity index (χ4n) is 2.33. The molecule has 0 saturated heterocycles. The summed E-state index contributed by atoms with van der Waals surface area (Å²) in [5.74, 6) is 0.861. The summed E-state index contributed by atoms with van der Waals surface area (Å²) in [6, 6.07) is 1.26. The van der Waals surface area contributed by atoms with E-state index in [9.17, 15) is 9.59 Å². The van der Waals surface area contributed by atoms with Gasteiger partial charge in [-0.15, -0.1) is 0 Å². The minimum atomic E-state index is -0.374. The highest BCUT2D eigenvalue weighted by atomic mass is 16.2. The van der Waals surface area contributed by atoms with E-state index in [2.05, 4.69) is 30.5 Å². The van der Waals surface area contributed by atoms with Gasteiger partial charge in [0.1, 0.15) is 5.82 Å². The Labute approximate surface area is 137 Å². The highest BCUT2D eigenvalue weighted by Crippen LogP contribution is 2.17. The fraction of sp³-hybridized carbons (Fsp3) is 0.400. The number of carbonyl (C=O) groups excluding carboxylic acids is 1. The fourth-order valence-corrected chi connectivity index (χ4v) is 2.33. The number of nitrogens with one attached hydrogen (secondary N) is 3. The minimum absolute atomic E-state index is 0.174. The van der Waals surface area contributed by atoms with Crippen LogP contribution in [0.2, 0.25) is 0 Å². The van der Waals surface area contributed by atoms with Crippen LogP contribution < -0.4 is 10.9 Å². The molecule has 3 aromatic rings. The van der Waals surface area contributed by atoms with Crippen LogP contribution in [0.3, 0.4) is 0 Å².